The highest BCUT2D eigenvalue weighted by molar-refractivity contribution is 7.99. The number of hydrogen-bond donors (Lipinski definition) is 2. The molecule has 100 valence electrons. The number of rotatable bonds is 7. The predicted molar refractivity (Wildman–Crippen MR) is 78.3 cm³/mol. The Morgan fingerprint density at radius 2 is 2.28 bits per heavy atom. The van der Waals surface area contributed by atoms with Crippen molar-refractivity contribution in [2.24, 2.45) is 0 Å². The smallest absolute Gasteiger partial charge is 0.269 e. The van der Waals surface area contributed by atoms with Crippen molar-refractivity contribution in [3.8, 4) is 0 Å². The van der Waals surface area contributed by atoms with E-state index in [1.54, 1.807) is 17.8 Å². The van der Waals surface area contributed by atoms with Crippen molar-refractivity contribution in [1.29, 1.82) is 0 Å². The Morgan fingerprint density at radius 1 is 1.50 bits per heavy atom. The first kappa shape index (κ1) is 14.8. The number of thioether (sulfide) groups is 1. The van der Waals surface area contributed by atoms with Crippen molar-refractivity contribution < 1.29 is 4.79 Å². The molecular weight excluding hydrogens is 246 g/mol. The average molecular weight is 267 g/mol. The van der Waals surface area contributed by atoms with Gasteiger partial charge in [0.2, 0.25) is 0 Å². The Labute approximate surface area is 113 Å². The molecular formula is C13H21N3OS. The summed E-state index contributed by atoms with van der Waals surface area (Å²) in [5.74, 6) is 0.630. The lowest BCUT2D eigenvalue weighted by Crippen LogP contribution is -2.27. The zero-order valence-corrected chi connectivity index (χ0v) is 12.0. The average Bonchev–Trinajstić information content (AvgIpc) is 2.39. The van der Waals surface area contributed by atoms with E-state index in [1.807, 2.05) is 19.1 Å². The van der Waals surface area contributed by atoms with Crippen LogP contribution in [0.15, 0.2) is 18.2 Å². The largest absolute Gasteiger partial charge is 0.370 e. The monoisotopic (exact) mass is 267 g/mol. The molecule has 1 aromatic rings. The minimum absolute atomic E-state index is 0.108. The third kappa shape index (κ3) is 4.96. The molecule has 5 heteroatoms. The number of carbonyl (C=O) groups is 1. The number of pyridine rings is 1. The maximum absolute atomic E-state index is 11.9. The van der Waals surface area contributed by atoms with Gasteiger partial charge in [0.1, 0.15) is 11.5 Å². The molecule has 0 aliphatic rings. The summed E-state index contributed by atoms with van der Waals surface area (Å²) < 4.78 is 0. The lowest BCUT2D eigenvalue weighted by atomic mass is 10.3. The Morgan fingerprint density at radius 3 is 2.94 bits per heavy atom. The van der Waals surface area contributed by atoms with Gasteiger partial charge in [0.25, 0.3) is 5.91 Å². The van der Waals surface area contributed by atoms with Crippen LogP contribution in [0, 0.1) is 0 Å². The number of carbonyl (C=O) groups excluding carboxylic acids is 1. The number of nitrogens with one attached hydrogen (secondary N) is 2. The minimum atomic E-state index is -0.108. The van der Waals surface area contributed by atoms with E-state index in [0.29, 0.717) is 17.5 Å². The third-order valence-corrected chi connectivity index (χ3v) is 3.62. The van der Waals surface area contributed by atoms with Gasteiger partial charge in [0.15, 0.2) is 0 Å². The van der Waals surface area contributed by atoms with Crippen LogP contribution in [0.1, 0.15) is 30.8 Å². The van der Waals surface area contributed by atoms with E-state index in [-0.39, 0.29) is 5.91 Å². The quantitative estimate of drug-likeness (QED) is 0.796. The van der Waals surface area contributed by atoms with Crippen LogP contribution < -0.4 is 10.6 Å². The molecule has 4 nitrogen and oxygen atoms in total. The molecule has 1 unspecified atom stereocenters. The van der Waals surface area contributed by atoms with E-state index < -0.39 is 0 Å². The summed E-state index contributed by atoms with van der Waals surface area (Å²) in [7, 11) is 0. The van der Waals surface area contributed by atoms with E-state index in [0.717, 1.165) is 18.8 Å². The van der Waals surface area contributed by atoms with Crippen molar-refractivity contribution in [2.75, 3.05) is 24.7 Å². The van der Waals surface area contributed by atoms with E-state index in [9.17, 15) is 4.79 Å². The van der Waals surface area contributed by atoms with Crippen LogP contribution in [0.3, 0.4) is 0 Å². The Kier molecular flexibility index (Phi) is 6.57. The van der Waals surface area contributed by atoms with Gasteiger partial charge in [-0.15, -0.1) is 0 Å². The van der Waals surface area contributed by atoms with Crippen LogP contribution in [-0.4, -0.2) is 35.5 Å². The highest BCUT2D eigenvalue weighted by Gasteiger charge is 2.08. The van der Waals surface area contributed by atoms with Gasteiger partial charge in [-0.3, -0.25) is 4.79 Å². The molecule has 1 atom stereocenters. The molecule has 2 N–H and O–H groups in total. The minimum Gasteiger partial charge on any atom is -0.370 e. The molecule has 1 rings (SSSR count). The molecule has 0 fully saturated rings. The number of amides is 1. The molecule has 0 radical (unpaired) electrons. The van der Waals surface area contributed by atoms with Gasteiger partial charge in [-0.25, -0.2) is 4.98 Å². The van der Waals surface area contributed by atoms with E-state index in [2.05, 4.69) is 28.8 Å². The third-order valence-electron chi connectivity index (χ3n) is 2.58. The first-order valence-electron chi connectivity index (χ1n) is 6.19. The first-order chi connectivity index (χ1) is 8.67. The molecule has 1 amide bonds. The maximum Gasteiger partial charge on any atom is 0.269 e. The second-order valence-electron chi connectivity index (χ2n) is 4.03. The SMILES string of the molecule is CCNc1cccc(C(=O)NCCC(C)SC)n1. The van der Waals surface area contributed by atoms with Crippen LogP contribution in [0.5, 0.6) is 0 Å². The number of nitrogens with zero attached hydrogens (tertiary/aromatic N) is 1. The summed E-state index contributed by atoms with van der Waals surface area (Å²) in [6.45, 7) is 5.64. The van der Waals surface area contributed by atoms with Gasteiger partial charge in [0, 0.05) is 18.3 Å². The Bertz CT molecular complexity index is 384. The lowest BCUT2D eigenvalue weighted by Gasteiger charge is -2.09. The normalized spacial score (nSPS) is 11.9. The van der Waals surface area contributed by atoms with E-state index >= 15 is 0 Å². The van der Waals surface area contributed by atoms with Gasteiger partial charge in [-0.05, 0) is 31.7 Å². The summed E-state index contributed by atoms with van der Waals surface area (Å²) in [4.78, 5) is 16.1. The Balaban J connectivity index is 2.48. The number of anilines is 1. The highest BCUT2D eigenvalue weighted by atomic mass is 32.2. The first-order valence-corrected chi connectivity index (χ1v) is 7.48. The van der Waals surface area contributed by atoms with Gasteiger partial charge in [-0.1, -0.05) is 13.0 Å². The van der Waals surface area contributed by atoms with Gasteiger partial charge >= 0.3 is 0 Å². The fourth-order valence-corrected chi connectivity index (χ4v) is 1.79. The molecule has 0 aliphatic carbocycles. The second-order valence-corrected chi connectivity index (χ2v) is 5.31. The number of hydrogen-bond acceptors (Lipinski definition) is 4. The lowest BCUT2D eigenvalue weighted by molar-refractivity contribution is 0.0948. The van der Waals surface area contributed by atoms with Crippen LogP contribution in [0.4, 0.5) is 5.82 Å². The molecule has 0 bridgehead atoms. The molecule has 0 aliphatic heterocycles. The fourth-order valence-electron chi connectivity index (χ4n) is 1.44. The summed E-state index contributed by atoms with van der Waals surface area (Å²) in [5.41, 5.74) is 0.463. The van der Waals surface area contributed by atoms with Gasteiger partial charge in [-0.2, -0.15) is 11.8 Å². The Hall–Kier alpha value is -1.23. The van der Waals surface area contributed by atoms with Crippen molar-refractivity contribution in [3.05, 3.63) is 23.9 Å². The molecule has 1 aromatic heterocycles. The topological polar surface area (TPSA) is 54.0 Å². The van der Waals surface area contributed by atoms with E-state index in [1.165, 1.54) is 0 Å². The van der Waals surface area contributed by atoms with Gasteiger partial charge < -0.3 is 10.6 Å². The molecule has 0 saturated heterocycles. The summed E-state index contributed by atoms with van der Waals surface area (Å²) in [5, 5.41) is 6.54. The maximum atomic E-state index is 11.9. The molecule has 1 heterocycles. The van der Waals surface area contributed by atoms with Crippen LogP contribution in [0.2, 0.25) is 0 Å². The summed E-state index contributed by atoms with van der Waals surface area (Å²) in [6.07, 6.45) is 3.05. The standard InChI is InChI=1S/C13H21N3OS/c1-4-14-12-7-5-6-11(16-12)13(17)15-9-8-10(2)18-3/h5-7,10H,4,8-9H2,1-3H3,(H,14,16)(H,15,17). The van der Waals surface area contributed by atoms with Crippen molar-refractivity contribution in [1.82, 2.24) is 10.3 Å². The van der Waals surface area contributed by atoms with Crippen molar-refractivity contribution >= 4 is 23.5 Å². The molecule has 18 heavy (non-hydrogen) atoms. The summed E-state index contributed by atoms with van der Waals surface area (Å²) in [6, 6.07) is 5.43. The predicted octanol–water partition coefficient (Wildman–Crippen LogP) is 2.38. The second kappa shape index (κ2) is 7.97. The molecule has 0 spiro atoms. The zero-order valence-electron chi connectivity index (χ0n) is 11.2. The molecule has 0 saturated carbocycles. The van der Waals surface area contributed by atoms with Crippen LogP contribution >= 0.6 is 11.8 Å². The van der Waals surface area contributed by atoms with Gasteiger partial charge in [0.05, 0.1) is 0 Å². The van der Waals surface area contributed by atoms with E-state index in [4.69, 9.17) is 0 Å². The van der Waals surface area contributed by atoms with Crippen molar-refractivity contribution in [2.45, 2.75) is 25.5 Å². The number of aromatic nitrogens is 1. The fraction of sp³-hybridized carbons (Fsp3) is 0.538. The molecule has 0 aromatic carbocycles. The van der Waals surface area contributed by atoms with Crippen molar-refractivity contribution in [3.63, 3.8) is 0 Å². The van der Waals surface area contributed by atoms with Crippen LogP contribution in [-0.2, 0) is 0 Å². The zero-order chi connectivity index (χ0) is 13.4. The van der Waals surface area contributed by atoms with Crippen LogP contribution in [0.25, 0.3) is 0 Å². The summed E-state index contributed by atoms with van der Waals surface area (Å²) >= 11 is 1.80. The highest BCUT2D eigenvalue weighted by Crippen LogP contribution is 2.08.